The molecule has 0 radical (unpaired) electrons. The third-order valence-electron chi connectivity index (χ3n) is 7.59. The van der Waals surface area contributed by atoms with Crippen molar-refractivity contribution in [3.8, 4) is 0 Å². The van der Waals surface area contributed by atoms with E-state index >= 15 is 0 Å². The van der Waals surface area contributed by atoms with Gasteiger partial charge in [0.2, 0.25) is 0 Å². The molecule has 0 saturated heterocycles. The molecule has 4 N–H and O–H groups in total. The molecule has 1 saturated carbocycles. The van der Waals surface area contributed by atoms with Gasteiger partial charge >= 0.3 is 265 Å². The molecule has 222 valence electrons. The van der Waals surface area contributed by atoms with E-state index in [2.05, 4.69) is 54.4 Å². The van der Waals surface area contributed by atoms with E-state index in [9.17, 15) is 9.90 Å². The van der Waals surface area contributed by atoms with E-state index in [4.69, 9.17) is 15.5 Å². The standard InChI is InChI=1S/C31H39I2N5O3/c1-4-20(2)25(18-37-31-36-13-11-27(38-31)23-16-32-12-14-35-17-23)29(34)26-9-10-28(21(3)15-33-26)41-19-22-7-5-6-8-24(22)30(39)40/h9-17,20,22,24H,4-8,18-19,34H2,1-3H3,(H,39,40)(H,36,37,38)/q-2/b29-25-/t20?,22-,24+/m1/s1. The molecule has 10 heteroatoms. The van der Waals surface area contributed by atoms with Crippen molar-refractivity contribution >= 4 is 23.7 Å². The molecule has 41 heavy (non-hydrogen) atoms. The van der Waals surface area contributed by atoms with E-state index in [0.717, 1.165) is 69.6 Å². The number of carboxylic acids is 1. The van der Waals surface area contributed by atoms with Crippen LogP contribution in [-0.2, 0) is 9.53 Å². The van der Waals surface area contributed by atoms with E-state index in [1.54, 1.807) is 6.20 Å². The zero-order valence-electron chi connectivity index (χ0n) is 23.8. The molecule has 0 aromatic carbocycles. The Kier molecular flexibility index (Phi) is 12.0. The van der Waals surface area contributed by atoms with Crippen LogP contribution in [0, 0.1) is 17.8 Å². The van der Waals surface area contributed by atoms with E-state index in [-0.39, 0.29) is 39.0 Å². The summed E-state index contributed by atoms with van der Waals surface area (Å²) in [7, 11) is 0. The quantitative estimate of drug-likeness (QED) is 0.267. The molecule has 1 aromatic heterocycles. The summed E-state index contributed by atoms with van der Waals surface area (Å²) in [5.41, 5.74) is 11.8. The number of halogens is 2. The number of ether oxygens (including phenoxy) is 1. The molecule has 8 nitrogen and oxygen atoms in total. The topological polar surface area (TPSA) is 123 Å². The summed E-state index contributed by atoms with van der Waals surface area (Å²) in [5, 5.41) is 13.0. The molecule has 3 atom stereocenters. The van der Waals surface area contributed by atoms with Gasteiger partial charge in [-0.15, -0.1) is 0 Å². The zero-order valence-corrected chi connectivity index (χ0v) is 28.1. The summed E-state index contributed by atoms with van der Waals surface area (Å²) >= 11 is -0.648. The third kappa shape index (κ3) is 8.76. The summed E-state index contributed by atoms with van der Waals surface area (Å²) in [6.45, 7) is 7.43. The Labute approximate surface area is 263 Å². The second-order valence-electron chi connectivity index (χ2n) is 10.4. The number of rotatable bonds is 11. The van der Waals surface area contributed by atoms with Crippen LogP contribution in [-0.4, -0.2) is 40.4 Å². The van der Waals surface area contributed by atoms with Crippen LogP contribution in [0.2, 0.25) is 0 Å². The number of aliphatic imine (C=N–C) groups is 1. The van der Waals surface area contributed by atoms with Crippen molar-refractivity contribution in [2.24, 2.45) is 28.5 Å². The SMILES string of the molecule is CCC(C)/C(CNc1nccc(C2=C[I-]C=CN=C2)n1)=C(\N)C1=CC=C(OC[C@H]2CCCC[C@@H]2C(=O)O)C(C)=C[I-]1. The number of aromatic nitrogens is 2. The van der Waals surface area contributed by atoms with E-state index in [1.165, 1.54) is 0 Å². The number of carbonyl (C=O) groups is 1. The van der Waals surface area contributed by atoms with Gasteiger partial charge in [-0.25, -0.2) is 0 Å². The summed E-state index contributed by atoms with van der Waals surface area (Å²) < 4.78 is 14.0. The Morgan fingerprint density at radius 3 is 2.90 bits per heavy atom. The number of carboxylic acid groups (broad SMARTS) is 1. The van der Waals surface area contributed by atoms with Gasteiger partial charge < -0.3 is 0 Å². The average molecular weight is 783 g/mol. The molecular formula is C31H39I2N5O3-2. The number of anilines is 1. The van der Waals surface area contributed by atoms with Crippen LogP contribution in [0.25, 0.3) is 5.57 Å². The van der Waals surface area contributed by atoms with Crippen molar-refractivity contribution in [3.05, 3.63) is 74.7 Å². The first-order chi connectivity index (χ1) is 19.9. The summed E-state index contributed by atoms with van der Waals surface area (Å²) in [6.07, 6.45) is 14.2. The molecule has 1 aliphatic carbocycles. The molecule has 3 aliphatic rings. The number of nitrogens with two attached hydrogens (primary N) is 1. The zero-order chi connectivity index (χ0) is 29.2. The van der Waals surface area contributed by atoms with Crippen molar-refractivity contribution in [2.75, 3.05) is 18.5 Å². The van der Waals surface area contributed by atoms with Gasteiger partial charge in [0.1, 0.15) is 0 Å². The van der Waals surface area contributed by atoms with Crippen LogP contribution in [0.3, 0.4) is 0 Å². The molecule has 1 unspecified atom stereocenters. The maximum atomic E-state index is 11.7. The van der Waals surface area contributed by atoms with Crippen LogP contribution in [0.5, 0.6) is 0 Å². The first-order valence-electron chi connectivity index (χ1n) is 14.0. The number of nitrogens with zero attached hydrogens (tertiary/aromatic N) is 3. The van der Waals surface area contributed by atoms with Gasteiger partial charge in [0.25, 0.3) is 0 Å². The number of hydrogen-bond acceptors (Lipinski definition) is 7. The fraction of sp³-hybridized carbons (Fsp3) is 0.419. The van der Waals surface area contributed by atoms with Crippen LogP contribution in [0.1, 0.15) is 58.6 Å². The Hall–Kier alpha value is -2.48. The molecule has 3 heterocycles. The van der Waals surface area contributed by atoms with Crippen LogP contribution < -0.4 is 53.5 Å². The Morgan fingerprint density at radius 2 is 2.10 bits per heavy atom. The predicted molar refractivity (Wildman–Crippen MR) is 156 cm³/mol. The molecule has 1 fully saturated rings. The number of allylic oxidation sites excluding steroid dienone is 5. The predicted octanol–water partition coefficient (Wildman–Crippen LogP) is -0.185. The fourth-order valence-electron chi connectivity index (χ4n) is 4.91. The van der Waals surface area contributed by atoms with Crippen molar-refractivity contribution in [3.63, 3.8) is 0 Å². The van der Waals surface area contributed by atoms with E-state index < -0.39 is 27.2 Å². The minimum absolute atomic E-state index is 0.0505. The van der Waals surface area contributed by atoms with Crippen molar-refractivity contribution in [1.82, 2.24) is 9.97 Å². The van der Waals surface area contributed by atoms with Gasteiger partial charge in [0.05, 0.1) is 0 Å². The Morgan fingerprint density at radius 1 is 1.27 bits per heavy atom. The first kappa shape index (κ1) is 31.5. The van der Waals surface area contributed by atoms with Crippen LogP contribution >= 0.6 is 0 Å². The number of aliphatic carboxylic acids is 1. The maximum absolute atomic E-state index is 11.7. The second kappa shape index (κ2) is 15.7. The van der Waals surface area contributed by atoms with E-state index in [1.807, 2.05) is 24.6 Å². The average Bonchev–Trinajstić information content (AvgIpc) is 3.37. The first-order valence-corrected chi connectivity index (χ1v) is 18.8. The molecule has 2 aliphatic heterocycles. The minimum atomic E-state index is -0.705. The normalized spacial score (nSPS) is 22.6. The van der Waals surface area contributed by atoms with Gasteiger partial charge in [-0.2, -0.15) is 0 Å². The number of nitrogens with one attached hydrogen (secondary N) is 1. The summed E-state index contributed by atoms with van der Waals surface area (Å²) in [4.78, 5) is 25.2. The molecular weight excluding hydrogens is 744 g/mol. The summed E-state index contributed by atoms with van der Waals surface area (Å²) in [5.74, 6) is 0.694. The van der Waals surface area contributed by atoms with Crippen molar-refractivity contribution < 1.29 is 57.0 Å². The molecule has 0 spiro atoms. The van der Waals surface area contributed by atoms with Gasteiger partial charge in [-0.05, 0) is 0 Å². The fourth-order valence-corrected chi connectivity index (χ4v) is 8.53. The Balaban J connectivity index is 1.49. The number of hydrogen-bond donors (Lipinski definition) is 3. The van der Waals surface area contributed by atoms with Gasteiger partial charge in [-0.1, -0.05) is 0 Å². The van der Waals surface area contributed by atoms with Crippen molar-refractivity contribution in [1.29, 1.82) is 0 Å². The van der Waals surface area contributed by atoms with Gasteiger partial charge in [0, 0.05) is 0 Å². The van der Waals surface area contributed by atoms with Gasteiger partial charge in [-0.3, -0.25) is 0 Å². The molecule has 0 bridgehead atoms. The summed E-state index contributed by atoms with van der Waals surface area (Å²) in [6, 6.07) is 1.91. The van der Waals surface area contributed by atoms with E-state index in [0.29, 0.717) is 19.1 Å². The molecule has 4 rings (SSSR count). The van der Waals surface area contributed by atoms with Crippen molar-refractivity contribution in [2.45, 2.75) is 52.9 Å². The Bertz CT molecular complexity index is 1330. The monoisotopic (exact) mass is 783 g/mol. The second-order valence-corrected chi connectivity index (χ2v) is 14.8. The van der Waals surface area contributed by atoms with Crippen LogP contribution in [0.15, 0.2) is 74.0 Å². The molecule has 0 amide bonds. The molecule has 1 aromatic rings. The van der Waals surface area contributed by atoms with Gasteiger partial charge in [0.15, 0.2) is 0 Å². The third-order valence-corrected chi connectivity index (χ3v) is 12.2. The van der Waals surface area contributed by atoms with Crippen LogP contribution in [0.4, 0.5) is 5.95 Å².